The van der Waals surface area contributed by atoms with E-state index in [1.165, 1.54) is 0 Å². The zero-order valence-electron chi connectivity index (χ0n) is 14.2. The van der Waals surface area contributed by atoms with Crippen molar-refractivity contribution in [2.75, 3.05) is 17.9 Å². The van der Waals surface area contributed by atoms with Crippen LogP contribution in [0.3, 0.4) is 0 Å². The molecule has 26 heavy (non-hydrogen) atoms. The number of nitrogens with zero attached hydrogens (tertiary/aromatic N) is 3. The van der Waals surface area contributed by atoms with Crippen molar-refractivity contribution in [3.63, 3.8) is 0 Å². The third-order valence-electron chi connectivity index (χ3n) is 3.74. The maximum atomic E-state index is 13.3. The van der Waals surface area contributed by atoms with Crippen LogP contribution in [0.5, 0.6) is 0 Å². The van der Waals surface area contributed by atoms with E-state index in [4.69, 9.17) is 4.74 Å². The quantitative estimate of drug-likeness (QED) is 0.609. The molecule has 0 saturated heterocycles. The molecule has 0 atom stereocenters. The summed E-state index contributed by atoms with van der Waals surface area (Å²) in [5.74, 6) is -0.551. The molecule has 0 aliphatic carbocycles. The maximum Gasteiger partial charge on any atom is 0.265 e. The molecule has 0 spiro atoms. The summed E-state index contributed by atoms with van der Waals surface area (Å²) in [6.07, 6.45) is 2.74. The minimum atomic E-state index is -4.01. The van der Waals surface area contributed by atoms with Gasteiger partial charge in [-0.05, 0) is 31.5 Å². The van der Waals surface area contributed by atoms with E-state index in [1.54, 1.807) is 10.6 Å². The van der Waals surface area contributed by atoms with Crippen molar-refractivity contribution in [3.05, 3.63) is 48.5 Å². The largest absolute Gasteiger partial charge is 0.382 e. The van der Waals surface area contributed by atoms with Crippen LogP contribution in [0.25, 0.3) is 11.0 Å². The van der Waals surface area contributed by atoms with Crippen molar-refractivity contribution in [2.24, 2.45) is 0 Å². The molecule has 2 heterocycles. The SMILES string of the molecule is CCOCCCn1c(NS(=O)(=O)c2cncc(F)c2)nc2ccccc21. The Morgan fingerprint density at radius 3 is 2.85 bits per heavy atom. The second-order valence-corrected chi connectivity index (χ2v) is 7.25. The van der Waals surface area contributed by atoms with Crippen molar-refractivity contribution in [1.82, 2.24) is 14.5 Å². The topological polar surface area (TPSA) is 86.1 Å². The standard InChI is InChI=1S/C17H19FN4O3S/c1-2-25-9-5-8-22-16-7-4-3-6-15(16)20-17(22)21-26(23,24)14-10-13(18)11-19-12-14/h3-4,6-7,10-12H,2,5,8-9H2,1H3,(H,20,21). The molecule has 2 aromatic heterocycles. The summed E-state index contributed by atoms with van der Waals surface area (Å²) in [7, 11) is -4.01. The first-order chi connectivity index (χ1) is 12.5. The number of anilines is 1. The van der Waals surface area contributed by atoms with Gasteiger partial charge in [0.05, 0.1) is 17.2 Å². The summed E-state index contributed by atoms with van der Waals surface area (Å²) in [6, 6.07) is 8.27. The molecule has 0 aliphatic heterocycles. The molecule has 0 radical (unpaired) electrons. The number of rotatable bonds is 8. The molecule has 0 fully saturated rings. The number of aromatic nitrogens is 3. The lowest BCUT2D eigenvalue weighted by Gasteiger charge is -2.11. The highest BCUT2D eigenvalue weighted by Crippen LogP contribution is 2.22. The zero-order valence-corrected chi connectivity index (χ0v) is 15.0. The molecule has 138 valence electrons. The smallest absolute Gasteiger partial charge is 0.265 e. The highest BCUT2D eigenvalue weighted by molar-refractivity contribution is 7.92. The van der Waals surface area contributed by atoms with E-state index in [9.17, 15) is 12.8 Å². The molecule has 3 rings (SSSR count). The van der Waals surface area contributed by atoms with Gasteiger partial charge in [-0.2, -0.15) is 0 Å². The van der Waals surface area contributed by atoms with Crippen molar-refractivity contribution in [1.29, 1.82) is 0 Å². The van der Waals surface area contributed by atoms with Crippen LogP contribution < -0.4 is 4.72 Å². The number of nitrogens with one attached hydrogen (secondary N) is 1. The van der Waals surface area contributed by atoms with Crippen molar-refractivity contribution in [2.45, 2.75) is 24.8 Å². The Bertz CT molecular complexity index is 1000. The average molecular weight is 378 g/mol. The summed E-state index contributed by atoms with van der Waals surface area (Å²) in [6.45, 7) is 3.62. The van der Waals surface area contributed by atoms with Crippen LogP contribution in [0, 0.1) is 5.82 Å². The Morgan fingerprint density at radius 2 is 2.08 bits per heavy atom. The van der Waals surface area contributed by atoms with Gasteiger partial charge in [0, 0.05) is 26.0 Å². The van der Waals surface area contributed by atoms with E-state index in [-0.39, 0.29) is 10.8 Å². The average Bonchev–Trinajstić information content (AvgIpc) is 2.95. The minimum absolute atomic E-state index is 0.173. The second-order valence-electron chi connectivity index (χ2n) is 5.57. The first-order valence-corrected chi connectivity index (χ1v) is 9.66. The number of hydrogen-bond acceptors (Lipinski definition) is 5. The van der Waals surface area contributed by atoms with Crippen molar-refractivity contribution >= 4 is 27.0 Å². The number of pyridine rings is 1. The lowest BCUT2D eigenvalue weighted by atomic mass is 10.3. The minimum Gasteiger partial charge on any atom is -0.382 e. The van der Waals surface area contributed by atoms with Gasteiger partial charge in [0.1, 0.15) is 10.7 Å². The molecule has 0 amide bonds. The third kappa shape index (κ3) is 4.00. The van der Waals surface area contributed by atoms with E-state index in [0.29, 0.717) is 31.7 Å². The number of aryl methyl sites for hydroxylation is 1. The summed E-state index contributed by atoms with van der Waals surface area (Å²) < 4.78 is 48.0. The monoisotopic (exact) mass is 378 g/mol. The van der Waals surface area contributed by atoms with Crippen molar-refractivity contribution in [3.8, 4) is 0 Å². The molecule has 7 nitrogen and oxygen atoms in total. The molecule has 0 aliphatic rings. The van der Waals surface area contributed by atoms with Gasteiger partial charge in [-0.1, -0.05) is 12.1 Å². The normalized spacial score (nSPS) is 11.8. The fourth-order valence-electron chi connectivity index (χ4n) is 2.57. The predicted octanol–water partition coefficient (Wildman–Crippen LogP) is 2.80. The predicted molar refractivity (Wildman–Crippen MR) is 95.8 cm³/mol. The van der Waals surface area contributed by atoms with Gasteiger partial charge >= 0.3 is 0 Å². The molecular formula is C17H19FN4O3S. The molecule has 1 N–H and O–H groups in total. The Kier molecular flexibility index (Phi) is 5.48. The van der Waals surface area contributed by atoms with Gasteiger partial charge < -0.3 is 9.30 Å². The number of hydrogen-bond donors (Lipinski definition) is 1. The van der Waals surface area contributed by atoms with Crippen LogP contribution in [0.4, 0.5) is 10.3 Å². The fourth-order valence-corrected chi connectivity index (χ4v) is 3.55. The highest BCUT2D eigenvalue weighted by Gasteiger charge is 2.20. The molecule has 0 unspecified atom stereocenters. The Hall–Kier alpha value is -2.52. The first-order valence-electron chi connectivity index (χ1n) is 8.17. The molecule has 0 bridgehead atoms. The summed E-state index contributed by atoms with van der Waals surface area (Å²) >= 11 is 0. The van der Waals surface area contributed by atoms with Crippen molar-refractivity contribution < 1.29 is 17.5 Å². The Labute approximate surface area is 150 Å². The molecule has 9 heteroatoms. The van der Waals surface area contributed by atoms with Gasteiger partial charge in [0.2, 0.25) is 5.95 Å². The summed E-state index contributed by atoms with van der Waals surface area (Å²) in [5.41, 5.74) is 1.47. The summed E-state index contributed by atoms with van der Waals surface area (Å²) in [4.78, 5) is 7.69. The third-order valence-corrected chi connectivity index (χ3v) is 5.04. The van der Waals surface area contributed by atoms with Crippen LogP contribution in [-0.2, 0) is 21.3 Å². The second kappa shape index (κ2) is 7.79. The number of imidazole rings is 1. The maximum absolute atomic E-state index is 13.3. The number of halogens is 1. The van der Waals surface area contributed by atoms with Crippen LogP contribution in [0.1, 0.15) is 13.3 Å². The Morgan fingerprint density at radius 1 is 1.27 bits per heavy atom. The number of ether oxygens (including phenoxy) is 1. The van der Waals surface area contributed by atoms with Gasteiger partial charge in [0.25, 0.3) is 10.0 Å². The molecular weight excluding hydrogens is 359 g/mol. The Balaban J connectivity index is 1.93. The van der Waals surface area contributed by atoms with Gasteiger partial charge in [-0.15, -0.1) is 0 Å². The number of para-hydroxylation sites is 2. The van der Waals surface area contributed by atoms with Gasteiger partial charge in [0.15, 0.2) is 0 Å². The van der Waals surface area contributed by atoms with E-state index < -0.39 is 15.8 Å². The highest BCUT2D eigenvalue weighted by atomic mass is 32.2. The van der Waals surface area contributed by atoms with Crippen LogP contribution in [0.15, 0.2) is 47.6 Å². The van der Waals surface area contributed by atoms with E-state index in [2.05, 4.69) is 14.7 Å². The molecule has 0 saturated carbocycles. The van der Waals surface area contributed by atoms with E-state index >= 15 is 0 Å². The van der Waals surface area contributed by atoms with Crippen LogP contribution >= 0.6 is 0 Å². The lowest BCUT2D eigenvalue weighted by Crippen LogP contribution is -2.17. The molecule has 1 aromatic carbocycles. The number of sulfonamides is 1. The lowest BCUT2D eigenvalue weighted by molar-refractivity contribution is 0.142. The van der Waals surface area contributed by atoms with E-state index in [1.807, 2.05) is 25.1 Å². The number of fused-ring (bicyclic) bond motifs is 1. The van der Waals surface area contributed by atoms with E-state index in [0.717, 1.165) is 24.0 Å². The summed E-state index contributed by atoms with van der Waals surface area (Å²) in [5, 5.41) is 0. The van der Waals surface area contributed by atoms with Gasteiger partial charge in [-0.3, -0.25) is 4.98 Å². The first kappa shape index (κ1) is 18.3. The number of benzene rings is 1. The molecule has 3 aromatic rings. The zero-order chi connectivity index (χ0) is 18.6. The fraction of sp³-hybridized carbons (Fsp3) is 0.294. The van der Waals surface area contributed by atoms with Crippen LogP contribution in [-0.4, -0.2) is 36.2 Å². The van der Waals surface area contributed by atoms with Gasteiger partial charge in [-0.25, -0.2) is 22.5 Å². The van der Waals surface area contributed by atoms with Crippen LogP contribution in [0.2, 0.25) is 0 Å².